The summed E-state index contributed by atoms with van der Waals surface area (Å²) in [4.78, 5) is 62.1. The molecule has 12 nitrogen and oxygen atoms in total. The van der Waals surface area contributed by atoms with Crippen LogP contribution >= 0.6 is 11.8 Å². The summed E-state index contributed by atoms with van der Waals surface area (Å²) in [7, 11) is 0. The van der Waals surface area contributed by atoms with Gasteiger partial charge in [0.2, 0.25) is 6.79 Å². The Morgan fingerprint density at radius 1 is 1.06 bits per heavy atom. The first-order chi connectivity index (χ1) is 17.0. The maximum atomic E-state index is 12.9. The number of esters is 2. The second-order valence-corrected chi connectivity index (χ2v) is 9.99. The number of benzene rings is 1. The number of thioether (sulfide) groups is 1. The molecule has 1 fully saturated rings. The van der Waals surface area contributed by atoms with Crippen LogP contribution in [0.15, 0.2) is 41.6 Å². The van der Waals surface area contributed by atoms with Crippen LogP contribution in [0.5, 0.6) is 0 Å². The molecule has 3 N–H and O–H groups in total. The first kappa shape index (κ1) is 26.9. The minimum atomic E-state index is -1.06. The third-order valence-corrected chi connectivity index (χ3v) is 6.45. The van der Waals surface area contributed by atoms with Gasteiger partial charge in [0.25, 0.3) is 5.91 Å². The van der Waals surface area contributed by atoms with Crippen molar-refractivity contribution in [1.82, 2.24) is 10.2 Å². The van der Waals surface area contributed by atoms with E-state index in [0.29, 0.717) is 0 Å². The first-order valence-corrected chi connectivity index (χ1v) is 11.9. The van der Waals surface area contributed by atoms with Gasteiger partial charge in [-0.2, -0.15) is 0 Å². The average molecular weight is 522 g/mol. The van der Waals surface area contributed by atoms with Crippen molar-refractivity contribution in [2.24, 2.45) is 11.1 Å². The fraction of sp³-hybridized carbons (Fsp3) is 0.435. The Bertz CT molecular complexity index is 1070. The number of amides is 3. The molecule has 1 aromatic carbocycles. The van der Waals surface area contributed by atoms with E-state index in [1.807, 2.05) is 6.07 Å². The minimum Gasteiger partial charge on any atom is -0.445 e. The number of hydrogen-bond donors (Lipinski definition) is 2. The summed E-state index contributed by atoms with van der Waals surface area (Å²) >= 11 is 1.25. The van der Waals surface area contributed by atoms with Crippen molar-refractivity contribution in [1.29, 1.82) is 0 Å². The largest absolute Gasteiger partial charge is 0.445 e. The van der Waals surface area contributed by atoms with Gasteiger partial charge in [-0.3, -0.25) is 14.5 Å². The highest BCUT2D eigenvalue weighted by atomic mass is 32.2. The number of β-lactam (4-membered cyclic amide) rings is 1. The average Bonchev–Trinajstić information content (AvgIpc) is 2.83. The first-order valence-electron chi connectivity index (χ1n) is 10.9. The predicted molar refractivity (Wildman–Crippen MR) is 126 cm³/mol. The fourth-order valence-corrected chi connectivity index (χ4v) is 4.58. The molecule has 0 spiro atoms. The summed E-state index contributed by atoms with van der Waals surface area (Å²) < 4.78 is 20.0. The van der Waals surface area contributed by atoms with Gasteiger partial charge in [-0.25, -0.2) is 14.4 Å². The number of carbonyl (C=O) groups is 5. The molecule has 0 saturated carbocycles. The van der Waals surface area contributed by atoms with E-state index >= 15 is 0 Å². The minimum absolute atomic E-state index is 0.0223. The van der Waals surface area contributed by atoms with E-state index in [0.717, 1.165) is 10.5 Å². The topological polar surface area (TPSA) is 164 Å². The Labute approximate surface area is 211 Å². The van der Waals surface area contributed by atoms with Crippen LogP contribution < -0.4 is 11.1 Å². The molecule has 194 valence electrons. The van der Waals surface area contributed by atoms with Crippen molar-refractivity contribution in [3.8, 4) is 0 Å². The van der Waals surface area contributed by atoms with Crippen LogP contribution in [0.25, 0.3) is 0 Å². The number of rotatable bonds is 8. The zero-order valence-electron chi connectivity index (χ0n) is 20.0. The standard InChI is InChI=1S/C23H27N3O9S/c1-23(2,3)20(29)35-12-34-19(28)16-14(10-32-21(24)30)11-36-18-15(17(27)26(16)18)25-22(31)33-9-13-7-5-4-6-8-13/h4-8,15,18H,9-12H2,1-3H3,(H2,24,30)(H,25,31)/t15-,18-/m1/s1. The molecule has 3 amide bonds. The molecule has 3 rings (SSSR count). The van der Waals surface area contributed by atoms with E-state index in [-0.39, 0.29) is 30.2 Å². The van der Waals surface area contributed by atoms with E-state index in [9.17, 15) is 24.0 Å². The molecular formula is C23H27N3O9S. The van der Waals surface area contributed by atoms with Crippen molar-refractivity contribution >= 4 is 41.8 Å². The Balaban J connectivity index is 1.66. The van der Waals surface area contributed by atoms with Crippen molar-refractivity contribution in [2.45, 2.75) is 38.8 Å². The molecule has 2 heterocycles. The number of nitrogens with one attached hydrogen (secondary N) is 1. The lowest BCUT2D eigenvalue weighted by atomic mass is 9.98. The van der Waals surface area contributed by atoms with Gasteiger partial charge in [-0.05, 0) is 26.3 Å². The summed E-state index contributed by atoms with van der Waals surface area (Å²) in [6.45, 7) is 3.92. The predicted octanol–water partition coefficient (Wildman–Crippen LogP) is 1.64. The number of carbonyl (C=O) groups excluding carboxylic acids is 5. The number of nitrogens with two attached hydrogens (primary N) is 1. The second-order valence-electron chi connectivity index (χ2n) is 8.88. The lowest BCUT2D eigenvalue weighted by molar-refractivity contribution is -0.173. The zero-order valence-corrected chi connectivity index (χ0v) is 20.8. The lowest BCUT2D eigenvalue weighted by Crippen LogP contribution is -2.70. The van der Waals surface area contributed by atoms with Crippen LogP contribution in [0.3, 0.4) is 0 Å². The van der Waals surface area contributed by atoms with Crippen LogP contribution in [0.4, 0.5) is 9.59 Å². The molecule has 2 atom stereocenters. The number of ether oxygens (including phenoxy) is 4. The molecule has 2 aliphatic heterocycles. The van der Waals surface area contributed by atoms with Crippen LogP contribution in [0, 0.1) is 5.41 Å². The highest BCUT2D eigenvalue weighted by Crippen LogP contribution is 2.40. The van der Waals surface area contributed by atoms with Gasteiger partial charge >= 0.3 is 24.1 Å². The van der Waals surface area contributed by atoms with Gasteiger partial charge in [-0.15, -0.1) is 11.8 Å². The molecule has 13 heteroatoms. The molecule has 1 saturated heterocycles. The van der Waals surface area contributed by atoms with Gasteiger partial charge in [0, 0.05) is 11.3 Å². The SMILES string of the molecule is CC(C)(C)C(=O)OCOC(=O)C1=C(COC(N)=O)CS[C@@H]2[C@H](NC(=O)OCc3ccccc3)C(=O)N12. The fourth-order valence-electron chi connectivity index (χ4n) is 3.25. The molecular weight excluding hydrogens is 494 g/mol. The Morgan fingerprint density at radius 2 is 1.75 bits per heavy atom. The molecule has 0 bridgehead atoms. The summed E-state index contributed by atoms with van der Waals surface area (Å²) in [5, 5.41) is 1.89. The van der Waals surface area contributed by atoms with E-state index in [2.05, 4.69) is 5.32 Å². The molecule has 0 unspecified atom stereocenters. The maximum Gasteiger partial charge on any atom is 0.408 e. The normalized spacial score (nSPS) is 19.0. The van der Waals surface area contributed by atoms with E-state index in [1.165, 1.54) is 11.8 Å². The van der Waals surface area contributed by atoms with E-state index < -0.39 is 53.7 Å². The Morgan fingerprint density at radius 3 is 2.39 bits per heavy atom. The van der Waals surface area contributed by atoms with Gasteiger partial charge in [0.1, 0.15) is 30.3 Å². The van der Waals surface area contributed by atoms with E-state index in [4.69, 9.17) is 24.7 Å². The third kappa shape index (κ3) is 6.47. The summed E-state index contributed by atoms with van der Waals surface area (Å²) in [5.41, 5.74) is 5.12. The summed E-state index contributed by atoms with van der Waals surface area (Å²) in [6, 6.07) is 8.07. The number of hydrogen-bond acceptors (Lipinski definition) is 10. The van der Waals surface area contributed by atoms with Crippen molar-refractivity contribution < 1.29 is 42.9 Å². The number of alkyl carbamates (subject to hydrolysis) is 1. The molecule has 36 heavy (non-hydrogen) atoms. The van der Waals surface area contributed by atoms with Crippen LogP contribution in [-0.2, 0) is 39.9 Å². The van der Waals surface area contributed by atoms with E-state index in [1.54, 1.807) is 45.0 Å². The Kier molecular flexibility index (Phi) is 8.45. The second kappa shape index (κ2) is 11.3. The Hall–Kier alpha value is -3.74. The summed E-state index contributed by atoms with van der Waals surface area (Å²) in [5.74, 6) is -1.94. The highest BCUT2D eigenvalue weighted by Gasteiger charge is 2.54. The molecule has 0 radical (unpaired) electrons. The lowest BCUT2D eigenvalue weighted by Gasteiger charge is -2.49. The maximum absolute atomic E-state index is 12.9. The zero-order chi connectivity index (χ0) is 26.5. The molecule has 2 aliphatic rings. The smallest absolute Gasteiger partial charge is 0.408 e. The molecule has 0 aromatic heterocycles. The van der Waals surface area contributed by atoms with Crippen LogP contribution in [0.2, 0.25) is 0 Å². The summed E-state index contributed by atoms with van der Waals surface area (Å²) in [6.07, 6.45) is -1.85. The number of nitrogens with zero attached hydrogens (tertiary/aromatic N) is 1. The van der Waals surface area contributed by atoms with Gasteiger partial charge in [-0.1, -0.05) is 30.3 Å². The number of primary amides is 1. The van der Waals surface area contributed by atoms with Gasteiger partial charge in [0.15, 0.2) is 0 Å². The molecule has 1 aromatic rings. The van der Waals surface area contributed by atoms with Crippen molar-refractivity contribution in [2.75, 3.05) is 19.2 Å². The molecule has 0 aliphatic carbocycles. The number of fused-ring (bicyclic) bond motifs is 1. The highest BCUT2D eigenvalue weighted by molar-refractivity contribution is 8.00. The van der Waals surface area contributed by atoms with Crippen molar-refractivity contribution in [3.63, 3.8) is 0 Å². The van der Waals surface area contributed by atoms with Gasteiger partial charge < -0.3 is 30.0 Å². The monoisotopic (exact) mass is 521 g/mol. The third-order valence-electron chi connectivity index (χ3n) is 5.11. The quantitative estimate of drug-likeness (QED) is 0.222. The van der Waals surface area contributed by atoms with Crippen LogP contribution in [0.1, 0.15) is 26.3 Å². The van der Waals surface area contributed by atoms with Gasteiger partial charge in [0.05, 0.1) is 5.41 Å². The van der Waals surface area contributed by atoms with Crippen LogP contribution in [-0.4, -0.2) is 65.5 Å². The van der Waals surface area contributed by atoms with Crippen molar-refractivity contribution in [3.05, 3.63) is 47.2 Å².